The second kappa shape index (κ2) is 14.8. The first kappa shape index (κ1) is 36.2. The van der Waals surface area contributed by atoms with Crippen LogP contribution in [0.5, 0.6) is 5.75 Å². The summed E-state index contributed by atoms with van der Waals surface area (Å²) in [5, 5.41) is 29.1. The van der Waals surface area contributed by atoms with E-state index >= 15 is 0 Å². The zero-order valence-electron chi connectivity index (χ0n) is 31.6. The molecule has 0 spiro atoms. The summed E-state index contributed by atoms with van der Waals surface area (Å²) < 4.78 is 23.0. The minimum Gasteiger partial charge on any atom is -0.508 e. The molecular formula is C43H52FN7O3. The highest BCUT2D eigenvalue weighted by atomic mass is 19.1. The number of halogens is 1. The molecule has 4 aliphatic rings. The summed E-state index contributed by atoms with van der Waals surface area (Å²) in [6, 6.07) is 8.27. The highest BCUT2D eigenvalue weighted by Gasteiger charge is 2.55. The molecule has 0 radical (unpaired) electrons. The van der Waals surface area contributed by atoms with Gasteiger partial charge in [0.1, 0.15) is 23.7 Å². The van der Waals surface area contributed by atoms with Gasteiger partial charge in [0.2, 0.25) is 0 Å². The zero-order valence-corrected chi connectivity index (χ0v) is 31.6. The monoisotopic (exact) mass is 733 g/mol. The molecule has 54 heavy (non-hydrogen) atoms. The van der Waals surface area contributed by atoms with Gasteiger partial charge in [-0.15, -0.1) is 0 Å². The second-order valence-electron chi connectivity index (χ2n) is 16.1. The third kappa shape index (κ3) is 6.54. The Hall–Kier alpha value is -4.77. The number of rotatable bonds is 12. The van der Waals surface area contributed by atoms with Crippen molar-refractivity contribution in [2.75, 3.05) is 18.5 Å². The van der Waals surface area contributed by atoms with Crippen LogP contribution in [0.3, 0.4) is 0 Å². The number of hydrogen-bond acceptors (Lipinski definition) is 8. The van der Waals surface area contributed by atoms with Crippen LogP contribution in [0, 0.1) is 23.1 Å². The molecule has 0 unspecified atom stereocenters. The molecule has 2 fully saturated rings. The molecule has 7 atom stereocenters. The first-order chi connectivity index (χ1) is 26.2. The summed E-state index contributed by atoms with van der Waals surface area (Å²) in [7, 11) is 1.81. The van der Waals surface area contributed by atoms with Gasteiger partial charge in [-0.25, -0.2) is 14.5 Å². The minimum absolute atomic E-state index is 0.236. The van der Waals surface area contributed by atoms with Gasteiger partial charge in [-0.3, -0.25) is 9.48 Å². The van der Waals surface area contributed by atoms with Crippen LogP contribution in [0.15, 0.2) is 77.5 Å². The number of nitrogens with zero attached hydrogens (tertiary/aromatic N) is 4. The number of ether oxygens (including phenoxy) is 1. The van der Waals surface area contributed by atoms with E-state index in [0.29, 0.717) is 40.4 Å². The molecule has 2 aromatic carbocycles. The van der Waals surface area contributed by atoms with E-state index in [-0.39, 0.29) is 10.8 Å². The second-order valence-corrected chi connectivity index (χ2v) is 16.1. The summed E-state index contributed by atoms with van der Waals surface area (Å²) in [5.41, 5.74) is 5.48. The van der Waals surface area contributed by atoms with Gasteiger partial charge in [0.05, 0.1) is 29.1 Å². The maximum absolute atomic E-state index is 14.6. The highest BCUT2D eigenvalue weighted by Crippen LogP contribution is 2.61. The first-order valence-electron chi connectivity index (χ1n) is 19.7. The summed E-state index contributed by atoms with van der Waals surface area (Å²) in [4.78, 5) is 17.1. The Labute approximate surface area is 316 Å². The average Bonchev–Trinajstić information content (AvgIpc) is 3.74. The van der Waals surface area contributed by atoms with Crippen LogP contribution in [-0.4, -0.2) is 55.4 Å². The number of aromatic hydroxyl groups is 1. The predicted octanol–water partition coefficient (Wildman–Crippen LogP) is 7.54. The van der Waals surface area contributed by atoms with Crippen LogP contribution in [0.25, 0.3) is 10.8 Å². The molecule has 3 aliphatic carbocycles. The Bertz CT molecular complexity index is 2170. The molecule has 284 valence electrons. The third-order valence-corrected chi connectivity index (χ3v) is 13.1. The van der Waals surface area contributed by atoms with Crippen LogP contribution in [0.2, 0.25) is 0 Å². The Morgan fingerprint density at radius 2 is 2.04 bits per heavy atom. The topological polar surface area (TPSA) is 130 Å². The maximum Gasteiger partial charge on any atom is 0.272 e. The highest BCUT2D eigenvalue weighted by molar-refractivity contribution is 5.97. The molecule has 2 aromatic heterocycles. The van der Waals surface area contributed by atoms with E-state index in [9.17, 15) is 14.3 Å². The van der Waals surface area contributed by atoms with E-state index in [0.717, 1.165) is 61.9 Å². The van der Waals surface area contributed by atoms with Crippen molar-refractivity contribution in [3.63, 3.8) is 0 Å². The fourth-order valence-electron chi connectivity index (χ4n) is 10.4. The smallest absolute Gasteiger partial charge is 0.272 e. The number of fused-ring (bicyclic) bond motifs is 5. The molecule has 8 rings (SSSR count). The Morgan fingerprint density at radius 1 is 1.17 bits per heavy atom. The number of phenols is 1. The van der Waals surface area contributed by atoms with Crippen molar-refractivity contribution < 1.29 is 14.2 Å². The number of benzene rings is 2. The van der Waals surface area contributed by atoms with Crippen molar-refractivity contribution in [3.8, 4) is 5.75 Å². The van der Waals surface area contributed by atoms with Crippen molar-refractivity contribution in [2.45, 2.75) is 95.6 Å². The Morgan fingerprint density at radius 3 is 2.85 bits per heavy atom. The number of nitrogens with one attached hydrogen (secondary N) is 3. The number of anilines is 1. The standard InChI is InChI=1S/C43H52FN7O3/c1-5-28(11-9-25(2)39-38(41-46-24-47-51(41)4)40-37-33(42(53)50-49-40)22-27(44)23-35(37)48-39)45-19-7-6-8-20-54-36-16-15-34-32-13-10-26-21-29(52)12-14-30(26)31(32)17-18-43(34,36)3/h5,9,11-12,14,21-24,31-32,34,36,38-39,45,48,52H,2,6-8,10,13,15-20H2,1,3-4H3,(H,50,53)/b11-9-,28-5+/t31-,32-,34+,36+,38-,39-,43+/m1/s1. The van der Waals surface area contributed by atoms with E-state index in [1.54, 1.807) is 4.68 Å². The molecule has 0 bridgehead atoms. The van der Waals surface area contributed by atoms with E-state index < -0.39 is 23.3 Å². The lowest BCUT2D eigenvalue weighted by Crippen LogP contribution is -2.44. The van der Waals surface area contributed by atoms with Crippen molar-refractivity contribution in [1.29, 1.82) is 0 Å². The maximum atomic E-state index is 14.6. The normalized spacial score (nSPS) is 27.4. The van der Waals surface area contributed by atoms with Gasteiger partial charge in [-0.2, -0.15) is 10.2 Å². The number of aryl methyl sites for hydroxylation is 2. The number of aromatic nitrogens is 5. The van der Waals surface area contributed by atoms with Gasteiger partial charge in [0, 0.05) is 37.0 Å². The molecule has 11 heteroatoms. The number of H-pyrrole nitrogens is 1. The van der Waals surface area contributed by atoms with Gasteiger partial charge in [-0.05, 0) is 135 Å². The van der Waals surface area contributed by atoms with Crippen molar-refractivity contribution >= 4 is 16.5 Å². The molecule has 2 saturated carbocycles. The number of phenolic OH excluding ortho intramolecular Hbond substituents is 1. The first-order valence-corrected chi connectivity index (χ1v) is 19.7. The molecule has 10 nitrogen and oxygen atoms in total. The van der Waals surface area contributed by atoms with Crippen LogP contribution >= 0.6 is 0 Å². The van der Waals surface area contributed by atoms with Gasteiger partial charge in [0.15, 0.2) is 0 Å². The quantitative estimate of drug-likeness (QED) is 0.0869. The lowest BCUT2D eigenvalue weighted by Gasteiger charge is -2.50. The van der Waals surface area contributed by atoms with Gasteiger partial charge in [0.25, 0.3) is 5.56 Å². The third-order valence-electron chi connectivity index (χ3n) is 13.1. The number of aromatic amines is 1. The molecule has 0 amide bonds. The zero-order chi connectivity index (χ0) is 37.6. The van der Waals surface area contributed by atoms with Crippen molar-refractivity contribution in [1.82, 2.24) is 30.3 Å². The van der Waals surface area contributed by atoms with Gasteiger partial charge in [-0.1, -0.05) is 31.7 Å². The van der Waals surface area contributed by atoms with Crippen molar-refractivity contribution in [2.24, 2.45) is 24.3 Å². The van der Waals surface area contributed by atoms with Gasteiger partial charge < -0.3 is 20.5 Å². The van der Waals surface area contributed by atoms with Crippen LogP contribution in [-0.2, 0) is 18.2 Å². The molecular weight excluding hydrogens is 682 g/mol. The largest absolute Gasteiger partial charge is 0.508 e. The molecule has 0 saturated heterocycles. The minimum atomic E-state index is -0.505. The number of hydrogen-bond donors (Lipinski definition) is 4. The van der Waals surface area contributed by atoms with Crippen LogP contribution in [0.4, 0.5) is 10.1 Å². The predicted molar refractivity (Wildman–Crippen MR) is 209 cm³/mol. The molecule has 4 N–H and O–H groups in total. The van der Waals surface area contributed by atoms with E-state index in [1.165, 1.54) is 61.7 Å². The van der Waals surface area contributed by atoms with Crippen LogP contribution < -0.4 is 16.2 Å². The van der Waals surface area contributed by atoms with E-state index in [1.807, 2.05) is 44.3 Å². The lowest BCUT2D eigenvalue weighted by atomic mass is 9.55. The fourth-order valence-corrected chi connectivity index (χ4v) is 10.4. The molecule has 3 heterocycles. The Balaban J connectivity index is 0.826. The lowest BCUT2D eigenvalue weighted by molar-refractivity contribution is -0.0646. The average molecular weight is 734 g/mol. The summed E-state index contributed by atoms with van der Waals surface area (Å²) >= 11 is 0. The summed E-state index contributed by atoms with van der Waals surface area (Å²) in [6.07, 6.45) is 18.2. The number of allylic oxidation sites excluding steroid dienone is 2. The van der Waals surface area contributed by atoms with Crippen molar-refractivity contribution in [3.05, 3.63) is 112 Å². The number of unbranched alkanes of at least 4 members (excludes halogenated alkanes) is 2. The molecule has 4 aromatic rings. The van der Waals surface area contributed by atoms with E-state index in [4.69, 9.17) is 4.74 Å². The summed E-state index contributed by atoms with van der Waals surface area (Å²) in [5.74, 6) is 2.19. The SMILES string of the molecule is C=C(/C=C\C(=C/C)NCCCCCO[C@H]1CC[C@H]2[C@@H]3CCc4cc(O)ccc4[C@H]3CC[C@]12C)[C@H]1Nc2cc(F)cc3c(=O)[nH]nc(c23)[C@@H]1c1ncnn1C. The summed E-state index contributed by atoms with van der Waals surface area (Å²) in [6.45, 7) is 10.6. The van der Waals surface area contributed by atoms with E-state index in [2.05, 4.69) is 50.5 Å². The molecule has 1 aliphatic heterocycles. The van der Waals surface area contributed by atoms with Gasteiger partial charge >= 0.3 is 0 Å². The fraction of sp³-hybridized carbons (Fsp3) is 0.488. The Kier molecular flexibility index (Phi) is 9.93. The van der Waals surface area contributed by atoms with Crippen LogP contribution in [0.1, 0.15) is 99.7 Å².